The van der Waals surface area contributed by atoms with Gasteiger partial charge in [0.05, 0.1) is 10.5 Å². The van der Waals surface area contributed by atoms with Crippen LogP contribution < -0.4 is 5.32 Å². The minimum absolute atomic E-state index is 0.0126. The van der Waals surface area contributed by atoms with Gasteiger partial charge in [-0.15, -0.1) is 0 Å². The van der Waals surface area contributed by atoms with Crippen LogP contribution >= 0.6 is 0 Å². The Bertz CT molecular complexity index is 549. The predicted octanol–water partition coefficient (Wildman–Crippen LogP) is 1.65. The first-order valence-electron chi connectivity index (χ1n) is 6.78. The van der Waals surface area contributed by atoms with Crippen molar-refractivity contribution in [2.75, 3.05) is 11.9 Å². The number of aromatic nitrogens is 1. The highest BCUT2D eigenvalue weighted by Crippen LogP contribution is 2.30. The van der Waals surface area contributed by atoms with Crippen molar-refractivity contribution in [3.63, 3.8) is 0 Å². The molecule has 0 aromatic carbocycles. The van der Waals surface area contributed by atoms with Gasteiger partial charge in [0, 0.05) is 30.8 Å². The summed E-state index contributed by atoms with van der Waals surface area (Å²) in [5, 5.41) is 32.3. The lowest BCUT2D eigenvalue weighted by Crippen LogP contribution is -2.34. The maximum Gasteiger partial charge on any atom is 0.337 e. The van der Waals surface area contributed by atoms with E-state index in [0.717, 1.165) is 37.9 Å². The van der Waals surface area contributed by atoms with Gasteiger partial charge in [0.25, 0.3) is 0 Å². The molecule has 0 amide bonds. The fraction of sp³-hybridized carbons (Fsp3) is 0.538. The summed E-state index contributed by atoms with van der Waals surface area (Å²) in [6.45, 7) is 0.0126. The zero-order valence-corrected chi connectivity index (χ0v) is 11.4. The second-order valence-electron chi connectivity index (χ2n) is 5.13. The summed E-state index contributed by atoms with van der Waals surface area (Å²) >= 11 is 0. The monoisotopic (exact) mass is 295 g/mol. The van der Waals surface area contributed by atoms with Crippen LogP contribution in [-0.2, 0) is 0 Å². The zero-order chi connectivity index (χ0) is 15.4. The number of aromatic carboxylic acids is 1. The van der Waals surface area contributed by atoms with Gasteiger partial charge in [-0.1, -0.05) is 12.8 Å². The third kappa shape index (κ3) is 3.46. The van der Waals surface area contributed by atoms with E-state index in [2.05, 4.69) is 10.3 Å². The van der Waals surface area contributed by atoms with Crippen LogP contribution in [0.25, 0.3) is 0 Å². The molecule has 1 saturated carbocycles. The lowest BCUT2D eigenvalue weighted by atomic mass is 9.85. The Morgan fingerprint density at radius 2 is 2.19 bits per heavy atom. The van der Waals surface area contributed by atoms with E-state index in [1.54, 1.807) is 0 Å². The number of aliphatic hydroxyl groups is 1. The minimum Gasteiger partial charge on any atom is -0.478 e. The van der Waals surface area contributed by atoms with Crippen LogP contribution in [0.15, 0.2) is 12.3 Å². The van der Waals surface area contributed by atoms with Crippen molar-refractivity contribution in [3.8, 4) is 0 Å². The zero-order valence-electron chi connectivity index (χ0n) is 11.4. The third-order valence-corrected chi connectivity index (χ3v) is 3.78. The molecule has 8 nitrogen and oxygen atoms in total. The number of nitrogens with zero attached hydrogens (tertiary/aromatic N) is 2. The van der Waals surface area contributed by atoms with Crippen LogP contribution in [0.4, 0.5) is 11.5 Å². The number of carboxylic acid groups (broad SMARTS) is 1. The highest BCUT2D eigenvalue weighted by Gasteiger charge is 2.27. The number of rotatable bonds is 5. The highest BCUT2D eigenvalue weighted by atomic mass is 16.6. The van der Waals surface area contributed by atoms with Crippen molar-refractivity contribution in [2.24, 2.45) is 5.92 Å². The van der Waals surface area contributed by atoms with Crippen molar-refractivity contribution in [1.29, 1.82) is 0 Å². The number of nitrogens with one attached hydrogen (secondary N) is 1. The summed E-state index contributed by atoms with van der Waals surface area (Å²) in [7, 11) is 0. The summed E-state index contributed by atoms with van der Waals surface area (Å²) < 4.78 is 0. The van der Waals surface area contributed by atoms with Crippen molar-refractivity contribution in [1.82, 2.24) is 4.98 Å². The number of pyridine rings is 1. The van der Waals surface area contributed by atoms with E-state index in [4.69, 9.17) is 5.11 Å². The van der Waals surface area contributed by atoms with E-state index >= 15 is 0 Å². The molecule has 0 saturated heterocycles. The number of anilines is 1. The molecule has 8 heteroatoms. The van der Waals surface area contributed by atoms with Gasteiger partial charge in [0.15, 0.2) is 0 Å². The van der Waals surface area contributed by atoms with E-state index in [-0.39, 0.29) is 35.6 Å². The van der Waals surface area contributed by atoms with Crippen LogP contribution in [0.2, 0.25) is 0 Å². The standard InChI is InChI=1S/C13H17N3O5/c17-7-8-3-1-2-4-10(8)15-12-11(16(20)21)5-9(6-14-12)13(18)19/h5-6,8,10,17H,1-4,7H2,(H,14,15)(H,18,19). The molecule has 21 heavy (non-hydrogen) atoms. The molecule has 3 N–H and O–H groups in total. The molecule has 0 aliphatic heterocycles. The molecule has 2 atom stereocenters. The van der Waals surface area contributed by atoms with E-state index in [1.807, 2.05) is 0 Å². The molecule has 1 heterocycles. The summed E-state index contributed by atoms with van der Waals surface area (Å²) in [6.07, 6.45) is 4.75. The third-order valence-electron chi connectivity index (χ3n) is 3.78. The average molecular weight is 295 g/mol. The first-order chi connectivity index (χ1) is 10.0. The van der Waals surface area contributed by atoms with E-state index in [0.29, 0.717) is 0 Å². The van der Waals surface area contributed by atoms with E-state index in [1.165, 1.54) is 0 Å². The SMILES string of the molecule is O=C(O)c1cnc(NC2CCCCC2CO)c([N+](=O)[O-])c1. The van der Waals surface area contributed by atoms with Crippen LogP contribution in [0.3, 0.4) is 0 Å². The molecule has 1 aromatic rings. The summed E-state index contributed by atoms with van der Waals surface area (Å²) in [5.41, 5.74) is -0.591. The fourth-order valence-electron chi connectivity index (χ4n) is 2.61. The Balaban J connectivity index is 2.26. The molecule has 114 valence electrons. The van der Waals surface area contributed by atoms with Gasteiger partial charge in [-0.05, 0) is 12.8 Å². The number of hydrogen-bond acceptors (Lipinski definition) is 6. The number of hydrogen-bond donors (Lipinski definition) is 3. The Morgan fingerprint density at radius 3 is 2.81 bits per heavy atom. The van der Waals surface area contributed by atoms with Crippen molar-refractivity contribution < 1.29 is 19.9 Å². The van der Waals surface area contributed by atoms with Gasteiger partial charge in [-0.25, -0.2) is 9.78 Å². The fourth-order valence-corrected chi connectivity index (χ4v) is 2.61. The molecule has 1 aliphatic carbocycles. The quantitative estimate of drug-likeness (QED) is 0.557. The van der Waals surface area contributed by atoms with Gasteiger partial charge >= 0.3 is 11.7 Å². The van der Waals surface area contributed by atoms with E-state index in [9.17, 15) is 20.0 Å². The van der Waals surface area contributed by atoms with Gasteiger partial charge in [0.1, 0.15) is 0 Å². The van der Waals surface area contributed by atoms with Gasteiger partial charge in [-0.2, -0.15) is 0 Å². The average Bonchev–Trinajstić information content (AvgIpc) is 2.47. The van der Waals surface area contributed by atoms with Crippen LogP contribution in [0.1, 0.15) is 36.0 Å². The minimum atomic E-state index is -1.26. The molecule has 1 fully saturated rings. The molecular formula is C13H17N3O5. The molecule has 1 aromatic heterocycles. The Kier molecular flexibility index (Phi) is 4.69. The lowest BCUT2D eigenvalue weighted by Gasteiger charge is -2.31. The molecule has 0 spiro atoms. The molecule has 0 bridgehead atoms. The van der Waals surface area contributed by atoms with Crippen molar-refractivity contribution >= 4 is 17.5 Å². The van der Waals surface area contributed by atoms with Crippen LogP contribution in [0, 0.1) is 16.0 Å². The molecule has 0 radical (unpaired) electrons. The maximum absolute atomic E-state index is 11.1. The first-order valence-corrected chi connectivity index (χ1v) is 6.78. The lowest BCUT2D eigenvalue weighted by molar-refractivity contribution is -0.384. The van der Waals surface area contributed by atoms with Crippen molar-refractivity contribution in [3.05, 3.63) is 27.9 Å². The number of nitro groups is 1. The second kappa shape index (κ2) is 6.49. The summed E-state index contributed by atoms with van der Waals surface area (Å²) in [4.78, 5) is 25.1. The maximum atomic E-state index is 11.1. The molecule has 2 unspecified atom stereocenters. The van der Waals surface area contributed by atoms with Crippen molar-refractivity contribution in [2.45, 2.75) is 31.7 Å². The first kappa shape index (κ1) is 15.2. The van der Waals surface area contributed by atoms with Crippen LogP contribution in [-0.4, -0.2) is 38.7 Å². The van der Waals surface area contributed by atoms with Crippen LogP contribution in [0.5, 0.6) is 0 Å². The number of aliphatic hydroxyl groups excluding tert-OH is 1. The normalized spacial score (nSPS) is 21.8. The Morgan fingerprint density at radius 1 is 1.48 bits per heavy atom. The van der Waals surface area contributed by atoms with Gasteiger partial charge in [0.2, 0.25) is 5.82 Å². The molecule has 1 aliphatic rings. The molecule has 2 rings (SSSR count). The highest BCUT2D eigenvalue weighted by molar-refractivity contribution is 5.88. The van der Waals surface area contributed by atoms with E-state index < -0.39 is 10.9 Å². The van der Waals surface area contributed by atoms with Gasteiger partial charge in [-0.3, -0.25) is 10.1 Å². The number of carboxylic acids is 1. The topological polar surface area (TPSA) is 126 Å². The summed E-state index contributed by atoms with van der Waals surface area (Å²) in [6, 6.07) is 0.902. The Labute approximate surface area is 121 Å². The largest absolute Gasteiger partial charge is 0.478 e. The predicted molar refractivity (Wildman–Crippen MR) is 74.3 cm³/mol. The second-order valence-corrected chi connectivity index (χ2v) is 5.13. The van der Waals surface area contributed by atoms with Gasteiger partial charge < -0.3 is 15.5 Å². The summed E-state index contributed by atoms with van der Waals surface area (Å²) in [5.74, 6) is -1.18. The number of carbonyl (C=O) groups is 1. The smallest absolute Gasteiger partial charge is 0.337 e. The Hall–Kier alpha value is -2.22. The molecular weight excluding hydrogens is 278 g/mol.